The number of hydrogen-bond acceptors (Lipinski definition) is 7. The summed E-state index contributed by atoms with van der Waals surface area (Å²) in [6, 6.07) is 12.8. The number of nitriles is 1. The molecule has 0 bridgehead atoms. The molecule has 3 rings (SSSR count). The third kappa shape index (κ3) is 3.48. The van der Waals surface area contributed by atoms with Gasteiger partial charge in [0.2, 0.25) is 5.95 Å². The van der Waals surface area contributed by atoms with Gasteiger partial charge in [0.25, 0.3) is 0 Å². The van der Waals surface area contributed by atoms with Gasteiger partial charge in [-0.1, -0.05) is 6.07 Å². The van der Waals surface area contributed by atoms with Crippen LogP contribution in [0.25, 0.3) is 22.6 Å². The van der Waals surface area contributed by atoms with Crippen LogP contribution in [0.15, 0.2) is 48.7 Å². The van der Waals surface area contributed by atoms with Crippen molar-refractivity contribution in [2.24, 2.45) is 0 Å². The quantitative estimate of drug-likeness (QED) is 0.566. The fourth-order valence-corrected chi connectivity index (χ4v) is 2.34. The summed E-state index contributed by atoms with van der Waals surface area (Å²) < 4.78 is 10.6. The topological polar surface area (TPSA) is 93.0 Å². The molecule has 0 saturated carbocycles. The van der Waals surface area contributed by atoms with Crippen LogP contribution >= 0.6 is 0 Å². The smallest absolute Gasteiger partial charge is 0.237 e. The summed E-state index contributed by atoms with van der Waals surface area (Å²) in [6.07, 6.45) is 3.53. The van der Waals surface area contributed by atoms with Crippen molar-refractivity contribution in [3.05, 3.63) is 48.7 Å². The van der Waals surface area contributed by atoms with E-state index in [1.165, 1.54) is 0 Å². The van der Waals surface area contributed by atoms with E-state index in [2.05, 4.69) is 20.3 Å². The Kier molecular flexibility index (Phi) is 4.72. The largest absolute Gasteiger partial charge is 0.493 e. The van der Waals surface area contributed by atoms with Gasteiger partial charge in [0.1, 0.15) is 0 Å². The molecular formula is C18H15N5O2. The second-order valence-electron chi connectivity index (χ2n) is 4.98. The van der Waals surface area contributed by atoms with Gasteiger partial charge < -0.3 is 9.47 Å². The van der Waals surface area contributed by atoms with E-state index in [-0.39, 0.29) is 5.95 Å². The first-order valence-corrected chi connectivity index (χ1v) is 7.43. The van der Waals surface area contributed by atoms with Gasteiger partial charge in [-0.2, -0.15) is 5.26 Å². The lowest BCUT2D eigenvalue weighted by Gasteiger charge is -2.11. The number of methoxy groups -OCH3 is 2. The van der Waals surface area contributed by atoms with Crippen LogP contribution < -0.4 is 14.8 Å². The van der Waals surface area contributed by atoms with E-state index in [0.29, 0.717) is 28.6 Å². The second kappa shape index (κ2) is 7.27. The van der Waals surface area contributed by atoms with Crippen molar-refractivity contribution < 1.29 is 9.47 Å². The average Bonchev–Trinajstić information content (AvgIpc) is 2.68. The normalized spacial score (nSPS) is 9.96. The first kappa shape index (κ1) is 16.2. The standard InChI is InChI=1S/C18H15N5O2/c1-24-16-7-6-12(9-17(16)25-2)14-10-15(13-5-3-4-8-20-13)23-18(22-14)21-11-19/h3-10H,1-2H3,(H,21,22,23). The van der Waals surface area contributed by atoms with Gasteiger partial charge in [-0.05, 0) is 36.4 Å². The minimum absolute atomic E-state index is 0.204. The Morgan fingerprint density at radius 3 is 2.40 bits per heavy atom. The molecule has 0 atom stereocenters. The van der Waals surface area contributed by atoms with E-state index in [1.54, 1.807) is 26.5 Å². The Bertz CT molecular complexity index is 922. The Morgan fingerprint density at radius 1 is 0.920 bits per heavy atom. The number of anilines is 1. The molecule has 1 N–H and O–H groups in total. The predicted molar refractivity (Wildman–Crippen MR) is 93.0 cm³/mol. The summed E-state index contributed by atoms with van der Waals surface area (Å²) in [5.41, 5.74) is 2.73. The van der Waals surface area contributed by atoms with E-state index in [0.717, 1.165) is 5.56 Å². The van der Waals surface area contributed by atoms with Crippen molar-refractivity contribution in [1.29, 1.82) is 5.26 Å². The van der Waals surface area contributed by atoms with Crippen LogP contribution in [-0.4, -0.2) is 29.2 Å². The molecule has 0 unspecified atom stereocenters. The first-order valence-electron chi connectivity index (χ1n) is 7.43. The van der Waals surface area contributed by atoms with Crippen LogP contribution in [0.2, 0.25) is 0 Å². The van der Waals surface area contributed by atoms with E-state index in [1.807, 2.05) is 42.6 Å². The summed E-state index contributed by atoms with van der Waals surface area (Å²) in [5.74, 6) is 1.42. The summed E-state index contributed by atoms with van der Waals surface area (Å²) >= 11 is 0. The molecule has 3 aromatic rings. The van der Waals surface area contributed by atoms with Crippen molar-refractivity contribution >= 4 is 5.95 Å². The van der Waals surface area contributed by atoms with E-state index in [4.69, 9.17) is 14.7 Å². The zero-order valence-electron chi connectivity index (χ0n) is 13.7. The molecule has 0 amide bonds. The van der Waals surface area contributed by atoms with Crippen molar-refractivity contribution in [2.75, 3.05) is 19.5 Å². The first-order chi connectivity index (χ1) is 12.2. The number of rotatable bonds is 5. The minimum Gasteiger partial charge on any atom is -0.493 e. The van der Waals surface area contributed by atoms with Gasteiger partial charge in [0.15, 0.2) is 17.7 Å². The van der Waals surface area contributed by atoms with Gasteiger partial charge in [-0.25, -0.2) is 9.97 Å². The molecule has 1 aromatic carbocycles. The Morgan fingerprint density at radius 2 is 1.72 bits per heavy atom. The maximum Gasteiger partial charge on any atom is 0.237 e. The Labute approximate surface area is 144 Å². The zero-order chi connectivity index (χ0) is 17.6. The molecule has 0 spiro atoms. The molecule has 7 heteroatoms. The molecule has 0 radical (unpaired) electrons. The maximum atomic E-state index is 8.90. The minimum atomic E-state index is 0.204. The van der Waals surface area contributed by atoms with Gasteiger partial charge in [-0.15, -0.1) is 0 Å². The monoisotopic (exact) mass is 333 g/mol. The van der Waals surface area contributed by atoms with Crippen molar-refractivity contribution in [3.63, 3.8) is 0 Å². The molecular weight excluding hydrogens is 318 g/mol. The molecule has 0 fully saturated rings. The fraction of sp³-hybridized carbons (Fsp3) is 0.111. The highest BCUT2D eigenvalue weighted by Gasteiger charge is 2.12. The number of hydrogen-bond donors (Lipinski definition) is 1. The van der Waals surface area contributed by atoms with Crippen molar-refractivity contribution in [3.8, 4) is 40.3 Å². The average molecular weight is 333 g/mol. The van der Waals surface area contributed by atoms with Crippen LogP contribution in [0.3, 0.4) is 0 Å². The fourth-order valence-electron chi connectivity index (χ4n) is 2.34. The lowest BCUT2D eigenvalue weighted by Crippen LogP contribution is -2.00. The highest BCUT2D eigenvalue weighted by molar-refractivity contribution is 5.70. The summed E-state index contributed by atoms with van der Waals surface area (Å²) in [5, 5.41) is 11.4. The van der Waals surface area contributed by atoms with Gasteiger partial charge in [0.05, 0.1) is 31.3 Å². The number of nitrogens with one attached hydrogen (secondary N) is 1. The number of aromatic nitrogens is 3. The Balaban J connectivity index is 2.12. The van der Waals surface area contributed by atoms with Gasteiger partial charge >= 0.3 is 0 Å². The highest BCUT2D eigenvalue weighted by atomic mass is 16.5. The van der Waals surface area contributed by atoms with Crippen molar-refractivity contribution in [2.45, 2.75) is 0 Å². The molecule has 2 aromatic heterocycles. The van der Waals surface area contributed by atoms with Crippen LogP contribution in [0.4, 0.5) is 5.95 Å². The highest BCUT2D eigenvalue weighted by Crippen LogP contribution is 2.32. The second-order valence-corrected chi connectivity index (χ2v) is 4.98. The number of ether oxygens (including phenoxy) is 2. The zero-order valence-corrected chi connectivity index (χ0v) is 13.7. The lowest BCUT2D eigenvalue weighted by molar-refractivity contribution is 0.355. The Hall–Kier alpha value is -3.66. The lowest BCUT2D eigenvalue weighted by atomic mass is 10.1. The number of pyridine rings is 1. The van der Waals surface area contributed by atoms with Crippen LogP contribution in [0.1, 0.15) is 0 Å². The van der Waals surface area contributed by atoms with Crippen molar-refractivity contribution in [1.82, 2.24) is 15.0 Å². The third-order valence-electron chi connectivity index (χ3n) is 3.50. The van der Waals surface area contributed by atoms with Crippen LogP contribution in [0.5, 0.6) is 11.5 Å². The predicted octanol–water partition coefficient (Wildman–Crippen LogP) is 3.12. The molecule has 25 heavy (non-hydrogen) atoms. The molecule has 7 nitrogen and oxygen atoms in total. The number of benzene rings is 1. The summed E-state index contributed by atoms with van der Waals surface area (Å²) in [7, 11) is 3.15. The third-order valence-corrected chi connectivity index (χ3v) is 3.50. The summed E-state index contributed by atoms with van der Waals surface area (Å²) in [4.78, 5) is 13.0. The maximum absolute atomic E-state index is 8.90. The van der Waals surface area contributed by atoms with Gasteiger partial charge in [0, 0.05) is 11.8 Å². The summed E-state index contributed by atoms with van der Waals surface area (Å²) in [6.45, 7) is 0. The van der Waals surface area contributed by atoms with Gasteiger partial charge in [-0.3, -0.25) is 10.3 Å². The molecule has 0 aliphatic heterocycles. The SMILES string of the molecule is COc1ccc(-c2cc(-c3ccccn3)nc(NC#N)n2)cc1OC. The number of nitrogens with zero attached hydrogens (tertiary/aromatic N) is 4. The van der Waals surface area contributed by atoms with E-state index in [9.17, 15) is 0 Å². The van der Waals surface area contributed by atoms with Crippen LogP contribution in [0, 0.1) is 11.5 Å². The van der Waals surface area contributed by atoms with Crippen LogP contribution in [-0.2, 0) is 0 Å². The van der Waals surface area contributed by atoms with E-state index >= 15 is 0 Å². The molecule has 0 aliphatic rings. The van der Waals surface area contributed by atoms with E-state index < -0.39 is 0 Å². The molecule has 0 aliphatic carbocycles. The molecule has 0 saturated heterocycles. The molecule has 2 heterocycles. The molecule has 124 valence electrons.